The molecule has 1 aliphatic heterocycles. The van der Waals surface area contributed by atoms with Crippen LogP contribution in [0.3, 0.4) is 0 Å². The number of urea groups is 1. The van der Waals surface area contributed by atoms with Crippen molar-refractivity contribution in [1.29, 1.82) is 0 Å². The summed E-state index contributed by atoms with van der Waals surface area (Å²) in [5.74, 6) is 8.01. The first kappa shape index (κ1) is 20.6. The fourth-order valence-corrected chi connectivity index (χ4v) is 4.67. The molecule has 0 unspecified atom stereocenters. The molecule has 2 aliphatic carbocycles. The molecule has 0 spiro atoms. The van der Waals surface area contributed by atoms with Gasteiger partial charge in [0.05, 0.1) is 12.6 Å². The van der Waals surface area contributed by atoms with Crippen LogP contribution in [0.25, 0.3) is 0 Å². The summed E-state index contributed by atoms with van der Waals surface area (Å²) in [4.78, 5) is 30.9. The molecular formula is C20H32N6O2. The van der Waals surface area contributed by atoms with Crippen molar-refractivity contribution in [2.75, 3.05) is 6.54 Å². The molecule has 1 heterocycles. The number of aliphatic imine (C=N–C) groups is 2. The zero-order valence-corrected chi connectivity index (χ0v) is 16.7. The highest BCUT2D eigenvalue weighted by Crippen LogP contribution is 2.36. The topological polar surface area (TPSA) is 112 Å². The van der Waals surface area contributed by atoms with Crippen LogP contribution >= 0.6 is 0 Å². The second-order valence-corrected chi connectivity index (χ2v) is 8.34. The molecule has 0 aromatic heterocycles. The lowest BCUT2D eigenvalue weighted by Gasteiger charge is -2.36. The van der Waals surface area contributed by atoms with Crippen molar-refractivity contribution in [3.63, 3.8) is 0 Å². The van der Waals surface area contributed by atoms with Gasteiger partial charge in [0, 0.05) is 11.7 Å². The number of isocyanates is 1. The number of hydrazine groups is 1. The van der Waals surface area contributed by atoms with E-state index >= 15 is 0 Å². The van der Waals surface area contributed by atoms with E-state index in [9.17, 15) is 9.59 Å². The third-order valence-electron chi connectivity index (χ3n) is 6.35. The van der Waals surface area contributed by atoms with Crippen LogP contribution in [0.2, 0.25) is 0 Å². The first-order valence-corrected chi connectivity index (χ1v) is 10.4. The van der Waals surface area contributed by atoms with E-state index in [0.29, 0.717) is 18.4 Å². The largest absolute Gasteiger partial charge is 0.338 e. The van der Waals surface area contributed by atoms with Gasteiger partial charge >= 0.3 is 6.03 Å². The van der Waals surface area contributed by atoms with E-state index in [1.165, 1.54) is 11.4 Å². The maximum absolute atomic E-state index is 12.4. The van der Waals surface area contributed by atoms with Gasteiger partial charge in [0.15, 0.2) is 0 Å². The Kier molecular flexibility index (Phi) is 7.23. The average Bonchev–Trinajstić information content (AvgIpc) is 2.70. The highest BCUT2D eigenvalue weighted by atomic mass is 16.2. The number of nitrogens with one attached hydrogen (secondary N) is 2. The van der Waals surface area contributed by atoms with Crippen LogP contribution in [0.5, 0.6) is 0 Å². The molecule has 0 bridgehead atoms. The molecule has 0 atom stereocenters. The Morgan fingerprint density at radius 2 is 1.89 bits per heavy atom. The van der Waals surface area contributed by atoms with Crippen molar-refractivity contribution in [3.05, 3.63) is 11.8 Å². The first-order chi connectivity index (χ1) is 13.5. The summed E-state index contributed by atoms with van der Waals surface area (Å²) in [5.41, 5.74) is 0.973. The predicted octanol–water partition coefficient (Wildman–Crippen LogP) is 2.58. The van der Waals surface area contributed by atoms with Crippen molar-refractivity contribution >= 4 is 18.1 Å². The van der Waals surface area contributed by atoms with E-state index in [4.69, 9.17) is 5.84 Å². The number of carbonyl (C=O) groups is 1. The molecule has 3 aliphatic rings. The van der Waals surface area contributed by atoms with E-state index in [2.05, 4.69) is 20.6 Å². The number of allylic oxidation sites excluding steroid dienone is 1. The van der Waals surface area contributed by atoms with Crippen molar-refractivity contribution in [2.24, 2.45) is 27.7 Å². The fourth-order valence-electron chi connectivity index (χ4n) is 4.67. The summed E-state index contributed by atoms with van der Waals surface area (Å²) in [5, 5.41) is 7.14. The third-order valence-corrected chi connectivity index (χ3v) is 6.35. The summed E-state index contributed by atoms with van der Waals surface area (Å²) in [7, 11) is 0. The standard InChI is InChI=1S/C20H32N6O2/c1-14-10-11-22-19(24-14)25-20(28)26(21)18-8-4-16(5-9-18)12-15-2-6-17(7-3-15)23-13-27/h10,15-18H,2-9,11-12,21H2,1H3,(H2,22,24,25,28). The van der Waals surface area contributed by atoms with Gasteiger partial charge in [-0.3, -0.25) is 10.3 Å². The normalized spacial score (nSPS) is 30.2. The Labute approximate surface area is 166 Å². The minimum Gasteiger partial charge on any atom is -0.330 e. The molecule has 0 aromatic carbocycles. The molecule has 2 fully saturated rings. The number of nitrogens with two attached hydrogens (primary N) is 1. The fraction of sp³-hybridized carbons (Fsp3) is 0.750. The quantitative estimate of drug-likeness (QED) is 0.226. The highest BCUT2D eigenvalue weighted by Gasteiger charge is 2.30. The zero-order chi connectivity index (χ0) is 19.9. The summed E-state index contributed by atoms with van der Waals surface area (Å²) >= 11 is 0. The van der Waals surface area contributed by atoms with Crippen molar-refractivity contribution in [2.45, 2.75) is 76.8 Å². The molecule has 3 rings (SSSR count). The van der Waals surface area contributed by atoms with Gasteiger partial charge in [0.1, 0.15) is 0 Å². The van der Waals surface area contributed by atoms with Gasteiger partial charge in [-0.15, -0.1) is 0 Å². The Morgan fingerprint density at radius 3 is 2.50 bits per heavy atom. The molecule has 154 valence electrons. The van der Waals surface area contributed by atoms with Crippen LogP contribution in [0.1, 0.15) is 64.7 Å². The smallest absolute Gasteiger partial charge is 0.330 e. The lowest BCUT2D eigenvalue weighted by atomic mass is 9.76. The molecule has 0 saturated heterocycles. The number of nitrogens with zero attached hydrogens (tertiary/aromatic N) is 3. The lowest BCUT2D eigenvalue weighted by Crippen LogP contribution is -2.55. The van der Waals surface area contributed by atoms with Crippen LogP contribution < -0.4 is 16.5 Å². The van der Waals surface area contributed by atoms with Crippen LogP contribution in [0.4, 0.5) is 4.79 Å². The molecule has 0 aromatic rings. The monoisotopic (exact) mass is 388 g/mol. The molecular weight excluding hydrogens is 356 g/mol. The number of guanidine groups is 1. The zero-order valence-electron chi connectivity index (χ0n) is 16.7. The molecule has 8 nitrogen and oxygen atoms in total. The second-order valence-electron chi connectivity index (χ2n) is 8.34. The minimum absolute atomic E-state index is 0.0785. The van der Waals surface area contributed by atoms with Gasteiger partial charge in [-0.2, -0.15) is 0 Å². The Morgan fingerprint density at radius 1 is 1.25 bits per heavy atom. The molecule has 28 heavy (non-hydrogen) atoms. The van der Waals surface area contributed by atoms with E-state index in [1.807, 2.05) is 13.0 Å². The van der Waals surface area contributed by atoms with Crippen molar-refractivity contribution in [1.82, 2.24) is 15.6 Å². The summed E-state index contributed by atoms with van der Waals surface area (Å²) in [6.45, 7) is 2.50. The van der Waals surface area contributed by atoms with E-state index < -0.39 is 0 Å². The number of rotatable bonds is 4. The molecule has 2 amide bonds. The van der Waals surface area contributed by atoms with Crippen LogP contribution in [0.15, 0.2) is 21.8 Å². The number of hydrogen-bond acceptors (Lipinski definition) is 6. The molecule has 0 radical (unpaired) electrons. The predicted molar refractivity (Wildman–Crippen MR) is 108 cm³/mol. The number of amides is 2. The summed E-state index contributed by atoms with van der Waals surface area (Å²) in [6, 6.07) is -0.0375. The van der Waals surface area contributed by atoms with Crippen LogP contribution in [-0.2, 0) is 4.79 Å². The van der Waals surface area contributed by atoms with Crippen molar-refractivity contribution < 1.29 is 9.59 Å². The van der Waals surface area contributed by atoms with Gasteiger partial charge in [0.2, 0.25) is 12.0 Å². The van der Waals surface area contributed by atoms with Gasteiger partial charge < -0.3 is 5.32 Å². The number of hydrogen-bond donors (Lipinski definition) is 3. The van der Waals surface area contributed by atoms with Gasteiger partial charge in [-0.25, -0.2) is 25.4 Å². The Bertz CT molecular complexity index is 654. The van der Waals surface area contributed by atoms with Crippen LogP contribution in [0, 0.1) is 11.8 Å². The number of carbonyl (C=O) groups excluding carboxylic acids is 2. The lowest BCUT2D eigenvalue weighted by molar-refractivity contribution is 0.137. The van der Waals surface area contributed by atoms with Crippen molar-refractivity contribution in [3.8, 4) is 0 Å². The SMILES string of the molecule is CC1=CCN=C(NC(=O)N(N)C2CCC(CC3CCC(N=C=O)CC3)CC2)N1. The summed E-state index contributed by atoms with van der Waals surface area (Å²) in [6.07, 6.45) is 13.3. The highest BCUT2D eigenvalue weighted by molar-refractivity contribution is 5.97. The molecule has 2 saturated carbocycles. The van der Waals surface area contributed by atoms with E-state index in [1.54, 1.807) is 6.08 Å². The summed E-state index contributed by atoms with van der Waals surface area (Å²) < 4.78 is 0. The maximum atomic E-state index is 12.4. The average molecular weight is 389 g/mol. The van der Waals surface area contributed by atoms with Crippen LogP contribution in [-0.4, -0.2) is 41.7 Å². The molecule has 8 heteroatoms. The minimum atomic E-state index is -0.307. The van der Waals surface area contributed by atoms with E-state index in [-0.39, 0.29) is 18.1 Å². The Balaban J connectivity index is 1.38. The van der Waals surface area contributed by atoms with E-state index in [0.717, 1.165) is 63.0 Å². The van der Waals surface area contributed by atoms with Gasteiger partial charge in [-0.1, -0.05) is 0 Å². The Hall–Kier alpha value is -2.18. The van der Waals surface area contributed by atoms with Gasteiger partial charge in [-0.05, 0) is 82.6 Å². The first-order valence-electron chi connectivity index (χ1n) is 10.4. The third kappa shape index (κ3) is 5.66. The maximum Gasteiger partial charge on any atom is 0.338 e. The molecule has 4 N–H and O–H groups in total. The second kappa shape index (κ2) is 9.85. The van der Waals surface area contributed by atoms with Gasteiger partial charge in [0.25, 0.3) is 0 Å².